The van der Waals surface area contributed by atoms with E-state index in [1.54, 1.807) is 0 Å². The van der Waals surface area contributed by atoms with E-state index in [0.717, 1.165) is 6.54 Å². The Bertz CT molecular complexity index is 154. The van der Waals surface area contributed by atoms with Gasteiger partial charge in [0, 0.05) is 12.3 Å². The summed E-state index contributed by atoms with van der Waals surface area (Å²) in [5.41, 5.74) is 1.36. The van der Waals surface area contributed by atoms with Gasteiger partial charge in [-0.3, -0.25) is 0 Å². The van der Waals surface area contributed by atoms with Crippen LogP contribution in [0, 0.1) is 5.92 Å². The van der Waals surface area contributed by atoms with Crippen molar-refractivity contribution in [3.8, 4) is 0 Å². The molecule has 0 aliphatic carbocycles. The van der Waals surface area contributed by atoms with E-state index in [0.29, 0.717) is 5.92 Å². The number of rotatable bonds is 1. The van der Waals surface area contributed by atoms with Crippen LogP contribution in [-0.2, 0) is 0 Å². The van der Waals surface area contributed by atoms with E-state index >= 15 is 0 Å². The molecule has 3 heteroatoms. The second kappa shape index (κ2) is 4.28. The Balaban J connectivity index is 2.59. The molecule has 0 fully saturated rings. The maximum atomic E-state index is 4.51. The molecule has 2 nitrogen and oxygen atoms in total. The van der Waals surface area contributed by atoms with Crippen LogP contribution in [0.15, 0.2) is 5.10 Å². The molecular weight excluding hydrogens is 251 g/mol. The summed E-state index contributed by atoms with van der Waals surface area (Å²) in [6.45, 7) is 5.54. The normalized spacial score (nSPS) is 20.0. The predicted octanol–water partition coefficient (Wildman–Crippen LogP) is 2.83. The monoisotopic (exact) mass is 266 g/mol. The molecule has 0 atom stereocenters. The SMILES string of the molecule is CC(C)C1=NN(I)CCCC1. The third-order valence-corrected chi connectivity index (χ3v) is 2.63. The molecule has 1 heterocycles. The van der Waals surface area contributed by atoms with E-state index in [1.807, 2.05) is 3.22 Å². The minimum atomic E-state index is 0.616. The first-order valence-electron chi connectivity index (χ1n) is 4.21. The smallest absolute Gasteiger partial charge is 0.0783 e. The minimum absolute atomic E-state index is 0.616. The van der Waals surface area contributed by atoms with Crippen LogP contribution in [0.1, 0.15) is 33.1 Å². The second-order valence-electron chi connectivity index (χ2n) is 3.26. The lowest BCUT2D eigenvalue weighted by Crippen LogP contribution is -2.10. The van der Waals surface area contributed by atoms with Crippen LogP contribution in [0.2, 0.25) is 0 Å². The van der Waals surface area contributed by atoms with Crippen molar-refractivity contribution in [3.05, 3.63) is 0 Å². The van der Waals surface area contributed by atoms with E-state index in [9.17, 15) is 0 Å². The molecule has 0 bridgehead atoms. The third-order valence-electron chi connectivity index (χ3n) is 1.93. The van der Waals surface area contributed by atoms with Gasteiger partial charge in [-0.05, 0) is 25.2 Å². The van der Waals surface area contributed by atoms with E-state index in [4.69, 9.17) is 0 Å². The molecule has 0 radical (unpaired) electrons. The molecule has 0 aromatic rings. The lowest BCUT2D eigenvalue weighted by atomic mass is 10.0. The van der Waals surface area contributed by atoms with Gasteiger partial charge in [-0.15, -0.1) is 0 Å². The maximum absolute atomic E-state index is 4.51. The van der Waals surface area contributed by atoms with Crippen LogP contribution >= 0.6 is 22.9 Å². The molecule has 0 amide bonds. The van der Waals surface area contributed by atoms with Gasteiger partial charge in [-0.2, -0.15) is 5.10 Å². The number of hydrazone groups is 1. The largest absolute Gasteiger partial charge is 0.236 e. The number of hydrogen-bond donors (Lipinski definition) is 0. The minimum Gasteiger partial charge on any atom is -0.236 e. The lowest BCUT2D eigenvalue weighted by molar-refractivity contribution is 0.532. The molecule has 1 rings (SSSR count). The van der Waals surface area contributed by atoms with Crippen LogP contribution in [0.5, 0.6) is 0 Å². The van der Waals surface area contributed by atoms with Crippen molar-refractivity contribution in [1.29, 1.82) is 0 Å². The first kappa shape index (κ1) is 9.29. The number of hydrogen-bond acceptors (Lipinski definition) is 2. The molecule has 1 aliphatic heterocycles. The van der Waals surface area contributed by atoms with Crippen molar-refractivity contribution in [2.24, 2.45) is 11.0 Å². The Morgan fingerprint density at radius 2 is 2.18 bits per heavy atom. The summed E-state index contributed by atoms with van der Waals surface area (Å²) >= 11 is 2.28. The van der Waals surface area contributed by atoms with Gasteiger partial charge in [-0.25, -0.2) is 3.22 Å². The summed E-state index contributed by atoms with van der Waals surface area (Å²) in [6, 6.07) is 0. The van der Waals surface area contributed by atoms with Gasteiger partial charge in [0.25, 0.3) is 0 Å². The molecule has 0 saturated heterocycles. The molecule has 0 spiro atoms. The Hall–Kier alpha value is 0.200. The quantitative estimate of drug-likeness (QED) is 0.526. The topological polar surface area (TPSA) is 15.6 Å². The maximum Gasteiger partial charge on any atom is 0.0783 e. The predicted molar refractivity (Wildman–Crippen MR) is 56.9 cm³/mol. The van der Waals surface area contributed by atoms with Crippen molar-refractivity contribution in [2.45, 2.75) is 33.1 Å². The Morgan fingerprint density at radius 3 is 2.82 bits per heavy atom. The highest BCUT2D eigenvalue weighted by atomic mass is 127. The molecule has 64 valence electrons. The van der Waals surface area contributed by atoms with Crippen LogP contribution in [-0.4, -0.2) is 15.5 Å². The first-order chi connectivity index (χ1) is 5.20. The van der Waals surface area contributed by atoms with Crippen LogP contribution in [0.25, 0.3) is 0 Å². The molecule has 0 aromatic heterocycles. The van der Waals surface area contributed by atoms with Gasteiger partial charge >= 0.3 is 0 Å². The van der Waals surface area contributed by atoms with Gasteiger partial charge in [0.15, 0.2) is 0 Å². The van der Waals surface area contributed by atoms with Crippen molar-refractivity contribution in [2.75, 3.05) is 6.54 Å². The van der Waals surface area contributed by atoms with Gasteiger partial charge < -0.3 is 0 Å². The summed E-state index contributed by atoms with van der Waals surface area (Å²) in [5, 5.41) is 4.51. The average molecular weight is 266 g/mol. The summed E-state index contributed by atoms with van der Waals surface area (Å²) < 4.78 is 2.04. The fourth-order valence-corrected chi connectivity index (χ4v) is 1.81. The van der Waals surface area contributed by atoms with Crippen molar-refractivity contribution >= 4 is 28.6 Å². The molecular formula is C8H15IN2. The zero-order chi connectivity index (χ0) is 8.27. The molecule has 0 unspecified atom stereocenters. The zero-order valence-electron chi connectivity index (χ0n) is 7.18. The Morgan fingerprint density at radius 1 is 1.45 bits per heavy atom. The lowest BCUT2D eigenvalue weighted by Gasteiger charge is -2.10. The standard InChI is InChI=1S/C8H15IN2/c1-7(2)8-5-3-4-6-11(9)10-8/h7H,3-6H2,1-2H3. The highest BCUT2D eigenvalue weighted by Crippen LogP contribution is 2.15. The summed E-state index contributed by atoms with van der Waals surface area (Å²) in [6.07, 6.45) is 3.77. The molecule has 0 N–H and O–H groups in total. The van der Waals surface area contributed by atoms with Crippen LogP contribution in [0.4, 0.5) is 0 Å². The third kappa shape index (κ3) is 2.97. The van der Waals surface area contributed by atoms with Gasteiger partial charge in [0.2, 0.25) is 0 Å². The number of nitrogens with zero attached hydrogens (tertiary/aromatic N) is 2. The first-order valence-corrected chi connectivity index (χ1v) is 5.17. The molecule has 0 aromatic carbocycles. The van der Waals surface area contributed by atoms with E-state index < -0.39 is 0 Å². The zero-order valence-corrected chi connectivity index (χ0v) is 9.34. The highest BCUT2D eigenvalue weighted by Gasteiger charge is 2.10. The fraction of sp³-hybridized carbons (Fsp3) is 0.875. The van der Waals surface area contributed by atoms with E-state index in [2.05, 4.69) is 41.8 Å². The Kier molecular flexibility index (Phi) is 3.62. The summed E-state index contributed by atoms with van der Waals surface area (Å²) in [5.74, 6) is 0.616. The van der Waals surface area contributed by atoms with Crippen LogP contribution in [0.3, 0.4) is 0 Å². The Labute approximate surface area is 82.5 Å². The van der Waals surface area contributed by atoms with E-state index in [-0.39, 0.29) is 0 Å². The van der Waals surface area contributed by atoms with Gasteiger partial charge in [0.1, 0.15) is 0 Å². The summed E-state index contributed by atoms with van der Waals surface area (Å²) in [4.78, 5) is 0. The van der Waals surface area contributed by atoms with E-state index in [1.165, 1.54) is 25.0 Å². The van der Waals surface area contributed by atoms with Gasteiger partial charge in [-0.1, -0.05) is 13.8 Å². The molecule has 0 saturated carbocycles. The van der Waals surface area contributed by atoms with Crippen LogP contribution < -0.4 is 0 Å². The average Bonchev–Trinajstić information content (AvgIpc) is 2.13. The molecule has 11 heavy (non-hydrogen) atoms. The van der Waals surface area contributed by atoms with Crippen molar-refractivity contribution in [1.82, 2.24) is 3.22 Å². The summed E-state index contributed by atoms with van der Waals surface area (Å²) in [7, 11) is 0. The van der Waals surface area contributed by atoms with Crippen molar-refractivity contribution < 1.29 is 0 Å². The number of halogens is 1. The van der Waals surface area contributed by atoms with Gasteiger partial charge in [0.05, 0.1) is 22.9 Å². The molecule has 1 aliphatic rings. The fourth-order valence-electron chi connectivity index (χ4n) is 1.19. The van der Waals surface area contributed by atoms with Crippen molar-refractivity contribution in [3.63, 3.8) is 0 Å². The highest BCUT2D eigenvalue weighted by molar-refractivity contribution is 14.1. The second-order valence-corrected chi connectivity index (χ2v) is 4.38.